The van der Waals surface area contributed by atoms with Crippen LogP contribution in [0.15, 0.2) is 48.5 Å². The van der Waals surface area contributed by atoms with E-state index in [-0.39, 0.29) is 24.3 Å². The number of nitrogens with zero attached hydrogens (tertiary/aromatic N) is 2. The highest BCUT2D eigenvalue weighted by Crippen LogP contribution is 2.28. The van der Waals surface area contributed by atoms with E-state index in [1.165, 1.54) is 5.56 Å². The third kappa shape index (κ3) is 5.16. The quantitative estimate of drug-likeness (QED) is 0.501. The Hall–Kier alpha value is -3.58. The second kappa shape index (κ2) is 10.2. The van der Waals surface area contributed by atoms with E-state index in [1.54, 1.807) is 24.3 Å². The number of likely N-dealkylation sites (tertiary alicyclic amines) is 1. The number of fused-ring (bicyclic) bond motifs is 2. The average molecular weight is 485 g/mol. The van der Waals surface area contributed by atoms with E-state index >= 15 is 0 Å². The summed E-state index contributed by atoms with van der Waals surface area (Å²) in [6.45, 7) is 3.92. The fraction of sp³-hybridized carbons (Fsp3) is 0.379. The zero-order valence-electron chi connectivity index (χ0n) is 20.8. The van der Waals surface area contributed by atoms with Gasteiger partial charge in [-0.05, 0) is 79.8 Å². The number of amides is 2. The van der Waals surface area contributed by atoms with Gasteiger partial charge in [-0.3, -0.25) is 14.6 Å². The van der Waals surface area contributed by atoms with E-state index in [4.69, 9.17) is 4.98 Å². The number of aryl methyl sites for hydroxylation is 1. The van der Waals surface area contributed by atoms with Crippen molar-refractivity contribution >= 4 is 29.0 Å². The minimum Gasteiger partial charge on any atom is -0.347 e. The van der Waals surface area contributed by atoms with Crippen LogP contribution < -0.4 is 10.6 Å². The van der Waals surface area contributed by atoms with Crippen LogP contribution in [0, 0.1) is 5.92 Å². The van der Waals surface area contributed by atoms with Gasteiger partial charge in [0.1, 0.15) is 6.29 Å². The van der Waals surface area contributed by atoms with Crippen molar-refractivity contribution in [1.82, 2.24) is 20.5 Å². The third-order valence-electron chi connectivity index (χ3n) is 7.28. The minimum atomic E-state index is -0.532. The molecule has 2 amide bonds. The monoisotopic (exact) mass is 484 g/mol. The van der Waals surface area contributed by atoms with Crippen molar-refractivity contribution in [3.8, 4) is 0 Å². The molecule has 5 rings (SSSR count). The van der Waals surface area contributed by atoms with Crippen LogP contribution in [0.4, 0.5) is 0 Å². The Balaban J connectivity index is 1.33. The van der Waals surface area contributed by atoms with Crippen molar-refractivity contribution in [2.45, 2.75) is 44.7 Å². The average Bonchev–Trinajstić information content (AvgIpc) is 2.86. The molecule has 2 heterocycles. The molecule has 36 heavy (non-hydrogen) atoms. The van der Waals surface area contributed by atoms with Gasteiger partial charge in [0.05, 0.1) is 17.6 Å². The molecule has 1 aliphatic heterocycles. The molecule has 2 aromatic carbocycles. The number of aldehydes is 1. The molecule has 1 aliphatic carbocycles. The van der Waals surface area contributed by atoms with Gasteiger partial charge >= 0.3 is 0 Å². The lowest BCUT2D eigenvalue weighted by molar-refractivity contribution is -0.108. The highest BCUT2D eigenvalue weighted by Gasteiger charge is 2.25. The van der Waals surface area contributed by atoms with Crippen LogP contribution in [0.5, 0.6) is 0 Å². The number of carbonyl (C=O) groups excluding carboxylic acids is 3. The summed E-state index contributed by atoms with van der Waals surface area (Å²) in [7, 11) is 2.01. The third-order valence-corrected chi connectivity index (χ3v) is 7.28. The number of carbonyl (C=O) groups is 3. The molecule has 7 heteroatoms. The van der Waals surface area contributed by atoms with Gasteiger partial charge in [0.25, 0.3) is 11.8 Å². The van der Waals surface area contributed by atoms with Gasteiger partial charge in [0.2, 0.25) is 0 Å². The first kappa shape index (κ1) is 24.1. The first-order valence-corrected chi connectivity index (χ1v) is 12.7. The molecule has 2 aliphatic rings. The largest absolute Gasteiger partial charge is 0.347 e. The number of nitrogens with one attached hydrogen (secondary N) is 2. The second-order valence-corrected chi connectivity index (χ2v) is 10.3. The summed E-state index contributed by atoms with van der Waals surface area (Å²) in [6, 6.07) is 14.4. The zero-order chi connectivity index (χ0) is 25.2. The number of hydrogen-bond donors (Lipinski definition) is 2. The molecule has 186 valence electrons. The Morgan fingerprint density at radius 1 is 1.11 bits per heavy atom. The number of pyridine rings is 1. The molecule has 7 nitrogen and oxygen atoms in total. The molecule has 3 aromatic rings. The smallest absolute Gasteiger partial charge is 0.251 e. The summed E-state index contributed by atoms with van der Waals surface area (Å²) in [6.07, 6.45) is 4.07. The van der Waals surface area contributed by atoms with Gasteiger partial charge in [-0.15, -0.1) is 0 Å². The molecule has 0 saturated carbocycles. The lowest BCUT2D eigenvalue weighted by atomic mass is 9.87. The van der Waals surface area contributed by atoms with E-state index in [0.717, 1.165) is 60.8 Å². The van der Waals surface area contributed by atoms with Crippen molar-refractivity contribution in [2.24, 2.45) is 5.92 Å². The van der Waals surface area contributed by atoms with Crippen molar-refractivity contribution in [3.05, 3.63) is 76.5 Å². The van der Waals surface area contributed by atoms with E-state index in [0.29, 0.717) is 17.0 Å². The van der Waals surface area contributed by atoms with Crippen LogP contribution in [0.25, 0.3) is 10.9 Å². The Bertz CT molecular complexity index is 1320. The summed E-state index contributed by atoms with van der Waals surface area (Å²) in [5.41, 5.74) is 5.08. The van der Waals surface area contributed by atoms with Crippen LogP contribution in [0.2, 0.25) is 0 Å². The summed E-state index contributed by atoms with van der Waals surface area (Å²) >= 11 is 0. The summed E-state index contributed by atoms with van der Waals surface area (Å²) in [5, 5.41) is 6.96. The lowest BCUT2D eigenvalue weighted by Crippen LogP contribution is -2.57. The van der Waals surface area contributed by atoms with Gasteiger partial charge in [0, 0.05) is 41.7 Å². The van der Waals surface area contributed by atoms with Crippen molar-refractivity contribution in [3.63, 3.8) is 0 Å². The normalized spacial score (nSPS) is 18.7. The lowest BCUT2D eigenvalue weighted by Gasteiger charge is -2.36. The summed E-state index contributed by atoms with van der Waals surface area (Å²) in [4.78, 5) is 44.3. The van der Waals surface area contributed by atoms with Gasteiger partial charge < -0.3 is 20.3 Å². The first-order valence-electron chi connectivity index (χ1n) is 12.7. The predicted molar refractivity (Wildman–Crippen MR) is 139 cm³/mol. The van der Waals surface area contributed by atoms with E-state index < -0.39 is 6.04 Å². The summed E-state index contributed by atoms with van der Waals surface area (Å²) in [5.74, 6) is 0.230. The Morgan fingerprint density at radius 3 is 2.69 bits per heavy atom. The number of hydrogen-bond acceptors (Lipinski definition) is 5. The van der Waals surface area contributed by atoms with Crippen LogP contribution in [-0.4, -0.2) is 54.2 Å². The topological polar surface area (TPSA) is 91.4 Å². The van der Waals surface area contributed by atoms with Crippen molar-refractivity contribution in [2.75, 3.05) is 20.1 Å². The fourth-order valence-electron chi connectivity index (χ4n) is 5.23. The molecule has 2 atom stereocenters. The molecule has 2 N–H and O–H groups in total. The maximum atomic E-state index is 13.2. The van der Waals surface area contributed by atoms with Crippen molar-refractivity contribution in [1.29, 1.82) is 0 Å². The SMILES string of the molecule is C[C@H]1CCc2nc3ccc(C(=O)N[C@H](CC=O)c4cccc(C(=O)NC5CN(C)C5)c4)cc3cc2C1. The molecular weight excluding hydrogens is 452 g/mol. The number of rotatable bonds is 7. The second-order valence-electron chi connectivity index (χ2n) is 10.3. The van der Waals surface area contributed by atoms with Gasteiger partial charge in [-0.1, -0.05) is 19.1 Å². The molecule has 0 unspecified atom stereocenters. The Kier molecular flexibility index (Phi) is 6.83. The molecule has 0 bridgehead atoms. The Labute approximate surface area is 211 Å². The minimum absolute atomic E-state index is 0.116. The van der Waals surface area contributed by atoms with Gasteiger partial charge in [-0.25, -0.2) is 0 Å². The summed E-state index contributed by atoms with van der Waals surface area (Å²) < 4.78 is 0. The maximum Gasteiger partial charge on any atom is 0.251 e. The standard InChI is InChI=1S/C29H32N4O3/c1-18-6-8-25-22(12-18)15-23-14-21(7-9-26(23)31-25)29(36)32-27(10-11-34)19-4-3-5-20(13-19)28(35)30-24-16-33(2)17-24/h3-5,7,9,11,13-15,18,24,27H,6,8,10,12,16-17H2,1-2H3,(H,30,35)(H,32,36)/t18-,27+/m0/s1. The first-order chi connectivity index (χ1) is 17.4. The zero-order valence-corrected chi connectivity index (χ0v) is 20.8. The molecule has 1 fully saturated rings. The highest BCUT2D eigenvalue weighted by atomic mass is 16.2. The molecule has 1 saturated heterocycles. The van der Waals surface area contributed by atoms with E-state index in [1.807, 2.05) is 25.2 Å². The maximum absolute atomic E-state index is 13.2. The number of likely N-dealkylation sites (N-methyl/N-ethyl adjacent to an activating group) is 1. The molecular formula is C29H32N4O3. The van der Waals surface area contributed by atoms with Crippen molar-refractivity contribution < 1.29 is 14.4 Å². The molecule has 0 radical (unpaired) electrons. The highest BCUT2D eigenvalue weighted by molar-refractivity contribution is 5.98. The molecule has 0 spiro atoms. The Morgan fingerprint density at radius 2 is 1.92 bits per heavy atom. The molecule has 1 aromatic heterocycles. The van der Waals surface area contributed by atoms with Gasteiger partial charge in [-0.2, -0.15) is 0 Å². The predicted octanol–water partition coefficient (Wildman–Crippen LogP) is 3.46. The van der Waals surface area contributed by atoms with E-state index in [2.05, 4.69) is 28.5 Å². The van der Waals surface area contributed by atoms with Crippen LogP contribution >= 0.6 is 0 Å². The fourth-order valence-corrected chi connectivity index (χ4v) is 5.23. The van der Waals surface area contributed by atoms with E-state index in [9.17, 15) is 14.4 Å². The van der Waals surface area contributed by atoms with Crippen LogP contribution in [-0.2, 0) is 17.6 Å². The number of benzene rings is 2. The van der Waals surface area contributed by atoms with Crippen LogP contribution in [0.1, 0.15) is 63.3 Å². The van der Waals surface area contributed by atoms with Gasteiger partial charge in [0.15, 0.2) is 0 Å². The van der Waals surface area contributed by atoms with Crippen LogP contribution in [0.3, 0.4) is 0 Å². The number of aromatic nitrogens is 1.